The molecule has 25 heavy (non-hydrogen) atoms. The molecule has 6 nitrogen and oxygen atoms in total. The minimum Gasteiger partial charge on any atom is -0.476 e. The van der Waals surface area contributed by atoms with Gasteiger partial charge < -0.3 is 5.11 Å². The molecule has 0 saturated heterocycles. The molecule has 0 radical (unpaired) electrons. The molecule has 0 bridgehead atoms. The van der Waals surface area contributed by atoms with Crippen molar-refractivity contribution >= 4 is 22.5 Å². The van der Waals surface area contributed by atoms with E-state index in [1.807, 2.05) is 26.0 Å². The summed E-state index contributed by atoms with van der Waals surface area (Å²) in [4.78, 5) is 36.7. The minimum atomic E-state index is -1.25. The summed E-state index contributed by atoms with van der Waals surface area (Å²) in [7, 11) is 0. The number of aromatic nitrogens is 2. The predicted molar refractivity (Wildman–Crippen MR) is 93.2 cm³/mol. The number of nitrogens with zero attached hydrogens (tertiary/aromatic N) is 2. The molecular weight excluding hydrogens is 320 g/mol. The van der Waals surface area contributed by atoms with Crippen molar-refractivity contribution in [3.8, 4) is 0 Å². The van der Waals surface area contributed by atoms with Crippen LogP contribution in [-0.2, 0) is 6.54 Å². The predicted octanol–water partition coefficient (Wildman–Crippen LogP) is 2.59. The van der Waals surface area contributed by atoms with Crippen LogP contribution < -0.4 is 5.56 Å². The van der Waals surface area contributed by atoms with Crippen LogP contribution in [0.15, 0.2) is 47.3 Å². The number of carboxylic acid groups (broad SMARTS) is 1. The van der Waals surface area contributed by atoms with E-state index < -0.39 is 11.5 Å². The normalized spacial score (nSPS) is 10.8. The summed E-state index contributed by atoms with van der Waals surface area (Å²) < 4.78 is 0.926. The number of carbonyl (C=O) groups excluding carboxylic acids is 1. The van der Waals surface area contributed by atoms with Gasteiger partial charge in [0.25, 0.3) is 5.56 Å². The molecule has 3 aromatic rings. The van der Waals surface area contributed by atoms with E-state index >= 15 is 0 Å². The van der Waals surface area contributed by atoms with E-state index in [1.54, 1.807) is 18.2 Å². The molecule has 0 unspecified atom stereocenters. The summed E-state index contributed by atoms with van der Waals surface area (Å²) in [6, 6.07) is 11.8. The number of ketones is 1. The zero-order valence-corrected chi connectivity index (χ0v) is 13.8. The standard InChI is InChI=1S/C19H16N2O4/c1-11-7-8-12(2)15(9-11)16(22)10-21-18(23)14-6-4-3-5-13(14)17(20-21)19(24)25/h3-9H,10H2,1-2H3,(H,24,25). The molecule has 0 spiro atoms. The van der Waals surface area contributed by atoms with Crippen molar-refractivity contribution in [2.75, 3.05) is 0 Å². The molecular formula is C19H16N2O4. The van der Waals surface area contributed by atoms with Crippen molar-refractivity contribution in [2.24, 2.45) is 0 Å². The molecule has 1 aromatic heterocycles. The summed E-state index contributed by atoms with van der Waals surface area (Å²) >= 11 is 0. The molecule has 0 aliphatic rings. The third-order valence-electron chi connectivity index (χ3n) is 4.06. The average molecular weight is 336 g/mol. The molecule has 0 aliphatic carbocycles. The van der Waals surface area contributed by atoms with Gasteiger partial charge in [0.2, 0.25) is 0 Å². The monoisotopic (exact) mass is 336 g/mol. The van der Waals surface area contributed by atoms with Gasteiger partial charge in [0.05, 0.1) is 5.39 Å². The van der Waals surface area contributed by atoms with Gasteiger partial charge in [0.1, 0.15) is 6.54 Å². The molecule has 1 heterocycles. The van der Waals surface area contributed by atoms with E-state index in [-0.39, 0.29) is 28.8 Å². The maximum Gasteiger partial charge on any atom is 0.357 e. The molecule has 0 saturated carbocycles. The fourth-order valence-corrected chi connectivity index (χ4v) is 2.76. The van der Waals surface area contributed by atoms with Crippen molar-refractivity contribution in [1.29, 1.82) is 0 Å². The first-order valence-corrected chi connectivity index (χ1v) is 7.72. The zero-order chi connectivity index (χ0) is 18.1. The molecule has 0 atom stereocenters. The average Bonchev–Trinajstić information content (AvgIpc) is 2.59. The highest BCUT2D eigenvalue weighted by Crippen LogP contribution is 2.15. The van der Waals surface area contributed by atoms with Crippen LogP contribution in [0.3, 0.4) is 0 Å². The quantitative estimate of drug-likeness (QED) is 0.740. The third kappa shape index (κ3) is 3.06. The van der Waals surface area contributed by atoms with E-state index in [9.17, 15) is 19.5 Å². The van der Waals surface area contributed by atoms with Gasteiger partial charge in [0, 0.05) is 10.9 Å². The Morgan fingerprint density at radius 3 is 2.44 bits per heavy atom. The second-order valence-electron chi connectivity index (χ2n) is 5.90. The van der Waals surface area contributed by atoms with Crippen LogP contribution in [0.1, 0.15) is 32.0 Å². The highest BCUT2D eigenvalue weighted by atomic mass is 16.4. The SMILES string of the molecule is Cc1ccc(C)c(C(=O)Cn2nc(C(=O)O)c3ccccc3c2=O)c1. The maximum atomic E-state index is 12.6. The number of carbonyl (C=O) groups is 2. The largest absolute Gasteiger partial charge is 0.476 e. The fourth-order valence-electron chi connectivity index (χ4n) is 2.76. The number of Topliss-reactive ketones (excluding diaryl/α,β-unsaturated/α-hetero) is 1. The van der Waals surface area contributed by atoms with Gasteiger partial charge in [-0.05, 0) is 31.5 Å². The highest BCUT2D eigenvalue weighted by molar-refractivity contribution is 6.01. The number of hydrogen-bond donors (Lipinski definition) is 1. The van der Waals surface area contributed by atoms with Gasteiger partial charge in [-0.1, -0.05) is 35.9 Å². The summed E-state index contributed by atoms with van der Waals surface area (Å²) in [6.07, 6.45) is 0. The van der Waals surface area contributed by atoms with Crippen LogP contribution in [0, 0.1) is 13.8 Å². The fraction of sp³-hybridized carbons (Fsp3) is 0.158. The highest BCUT2D eigenvalue weighted by Gasteiger charge is 2.18. The number of carboxylic acids is 1. The minimum absolute atomic E-state index is 0.226. The summed E-state index contributed by atoms with van der Waals surface area (Å²) in [5.41, 5.74) is 1.49. The van der Waals surface area contributed by atoms with Crippen LogP contribution in [-0.4, -0.2) is 26.6 Å². The Morgan fingerprint density at radius 2 is 1.76 bits per heavy atom. The Hall–Kier alpha value is -3.28. The van der Waals surface area contributed by atoms with Gasteiger partial charge in [-0.25, -0.2) is 9.48 Å². The lowest BCUT2D eigenvalue weighted by atomic mass is 10.0. The lowest BCUT2D eigenvalue weighted by molar-refractivity contribution is 0.0688. The van der Waals surface area contributed by atoms with Crippen molar-refractivity contribution in [1.82, 2.24) is 9.78 Å². The lowest BCUT2D eigenvalue weighted by Gasteiger charge is -2.10. The Kier molecular flexibility index (Phi) is 4.19. The van der Waals surface area contributed by atoms with E-state index in [0.717, 1.165) is 15.8 Å². The van der Waals surface area contributed by atoms with Crippen LogP contribution >= 0.6 is 0 Å². The molecule has 0 amide bonds. The number of rotatable bonds is 4. The van der Waals surface area contributed by atoms with Crippen LogP contribution in [0.2, 0.25) is 0 Å². The Labute approximate surface area is 143 Å². The number of hydrogen-bond acceptors (Lipinski definition) is 4. The van der Waals surface area contributed by atoms with E-state index in [2.05, 4.69) is 5.10 Å². The van der Waals surface area contributed by atoms with Crippen LogP contribution in [0.25, 0.3) is 10.8 Å². The molecule has 0 fully saturated rings. The second-order valence-corrected chi connectivity index (χ2v) is 5.90. The number of aromatic carboxylic acids is 1. The first kappa shape index (κ1) is 16.6. The molecule has 2 aromatic carbocycles. The number of fused-ring (bicyclic) bond motifs is 1. The van der Waals surface area contributed by atoms with Crippen LogP contribution in [0.4, 0.5) is 0 Å². The zero-order valence-electron chi connectivity index (χ0n) is 13.8. The first-order valence-electron chi connectivity index (χ1n) is 7.72. The van der Waals surface area contributed by atoms with E-state index in [1.165, 1.54) is 12.1 Å². The molecule has 1 N–H and O–H groups in total. The van der Waals surface area contributed by atoms with Gasteiger partial charge >= 0.3 is 5.97 Å². The van der Waals surface area contributed by atoms with Gasteiger partial charge in [-0.2, -0.15) is 5.10 Å². The van der Waals surface area contributed by atoms with E-state index in [0.29, 0.717) is 5.56 Å². The Balaban J connectivity index is 2.12. The van der Waals surface area contributed by atoms with Gasteiger partial charge in [0.15, 0.2) is 11.5 Å². The van der Waals surface area contributed by atoms with Gasteiger partial charge in [-0.3, -0.25) is 9.59 Å². The molecule has 6 heteroatoms. The van der Waals surface area contributed by atoms with Crippen LogP contribution in [0.5, 0.6) is 0 Å². The Bertz CT molecular complexity index is 1070. The lowest BCUT2D eigenvalue weighted by Crippen LogP contribution is -2.29. The third-order valence-corrected chi connectivity index (χ3v) is 4.06. The first-order chi connectivity index (χ1) is 11.9. The molecule has 3 rings (SSSR count). The topological polar surface area (TPSA) is 89.3 Å². The Morgan fingerprint density at radius 1 is 1.08 bits per heavy atom. The number of benzene rings is 2. The number of aryl methyl sites for hydroxylation is 2. The van der Waals surface area contributed by atoms with Crippen molar-refractivity contribution < 1.29 is 14.7 Å². The molecule has 126 valence electrons. The maximum absolute atomic E-state index is 12.6. The second kappa shape index (κ2) is 6.32. The van der Waals surface area contributed by atoms with Crippen molar-refractivity contribution in [2.45, 2.75) is 20.4 Å². The van der Waals surface area contributed by atoms with Gasteiger partial charge in [-0.15, -0.1) is 0 Å². The van der Waals surface area contributed by atoms with Crippen molar-refractivity contribution in [3.05, 3.63) is 75.2 Å². The summed E-state index contributed by atoms with van der Waals surface area (Å²) in [6.45, 7) is 3.37. The van der Waals surface area contributed by atoms with E-state index in [4.69, 9.17) is 0 Å². The smallest absolute Gasteiger partial charge is 0.357 e. The summed E-state index contributed by atoms with van der Waals surface area (Å²) in [5.74, 6) is -1.54. The summed E-state index contributed by atoms with van der Waals surface area (Å²) in [5, 5.41) is 13.8. The molecule has 0 aliphatic heterocycles. The van der Waals surface area contributed by atoms with Crippen molar-refractivity contribution in [3.63, 3.8) is 0 Å².